The standard InChI is InChI=1S/C17H16FN3O4S/c1-24-14-4-2-3-12(11-14)17-21-20-16(25-17)9-10-19-26(22,23)15-7-5-13(18)6-8-15/h2-8,11,19H,9-10H2,1H3. The highest BCUT2D eigenvalue weighted by atomic mass is 32.2. The molecule has 0 fully saturated rings. The van der Waals surface area contributed by atoms with Crippen molar-refractivity contribution in [2.45, 2.75) is 11.3 Å². The molecule has 0 amide bonds. The van der Waals surface area contributed by atoms with E-state index < -0.39 is 15.8 Å². The van der Waals surface area contributed by atoms with Crippen molar-refractivity contribution in [2.75, 3.05) is 13.7 Å². The van der Waals surface area contributed by atoms with Crippen LogP contribution >= 0.6 is 0 Å². The third-order valence-corrected chi connectivity index (χ3v) is 5.02. The van der Waals surface area contributed by atoms with Crippen molar-refractivity contribution in [3.63, 3.8) is 0 Å². The number of rotatable bonds is 7. The van der Waals surface area contributed by atoms with Crippen LogP contribution in [0, 0.1) is 5.82 Å². The maximum atomic E-state index is 12.9. The van der Waals surface area contributed by atoms with Crippen LogP contribution in [0.4, 0.5) is 4.39 Å². The van der Waals surface area contributed by atoms with Gasteiger partial charge in [-0.25, -0.2) is 17.5 Å². The van der Waals surface area contributed by atoms with Gasteiger partial charge in [0.15, 0.2) is 0 Å². The maximum Gasteiger partial charge on any atom is 0.247 e. The lowest BCUT2D eigenvalue weighted by Crippen LogP contribution is -2.26. The first-order valence-corrected chi connectivity index (χ1v) is 9.18. The summed E-state index contributed by atoms with van der Waals surface area (Å²) in [6, 6.07) is 11.7. The molecular weight excluding hydrogens is 361 g/mol. The average Bonchev–Trinajstić information content (AvgIpc) is 3.11. The molecule has 7 nitrogen and oxygen atoms in total. The molecule has 0 radical (unpaired) electrons. The summed E-state index contributed by atoms with van der Waals surface area (Å²) in [7, 11) is -2.16. The van der Waals surface area contributed by atoms with E-state index in [0.717, 1.165) is 12.1 Å². The van der Waals surface area contributed by atoms with E-state index in [2.05, 4.69) is 14.9 Å². The van der Waals surface area contributed by atoms with Gasteiger partial charge in [0.05, 0.1) is 12.0 Å². The Hall–Kier alpha value is -2.78. The number of nitrogens with zero attached hydrogens (tertiary/aromatic N) is 2. The lowest BCUT2D eigenvalue weighted by Gasteiger charge is -2.05. The Balaban J connectivity index is 1.62. The molecule has 9 heteroatoms. The molecule has 0 unspecified atom stereocenters. The second-order valence-electron chi connectivity index (χ2n) is 5.33. The summed E-state index contributed by atoms with van der Waals surface area (Å²) >= 11 is 0. The van der Waals surface area contributed by atoms with Crippen LogP contribution in [0.25, 0.3) is 11.5 Å². The first-order chi connectivity index (χ1) is 12.5. The van der Waals surface area contributed by atoms with Gasteiger partial charge in [-0.2, -0.15) is 0 Å². The molecule has 0 aliphatic carbocycles. The van der Waals surface area contributed by atoms with Crippen molar-refractivity contribution < 1.29 is 22.0 Å². The van der Waals surface area contributed by atoms with E-state index in [0.29, 0.717) is 23.1 Å². The molecule has 26 heavy (non-hydrogen) atoms. The van der Waals surface area contributed by atoms with Crippen molar-refractivity contribution in [1.82, 2.24) is 14.9 Å². The maximum absolute atomic E-state index is 12.9. The van der Waals surface area contributed by atoms with Crippen molar-refractivity contribution in [2.24, 2.45) is 0 Å². The van der Waals surface area contributed by atoms with Crippen LogP contribution in [0.3, 0.4) is 0 Å². The molecular formula is C17H16FN3O4S. The molecule has 3 aromatic rings. The normalized spacial score (nSPS) is 11.5. The number of nitrogens with one attached hydrogen (secondary N) is 1. The number of ether oxygens (including phenoxy) is 1. The molecule has 0 aliphatic rings. The zero-order chi connectivity index (χ0) is 18.6. The Labute approximate surface area is 149 Å². The first kappa shape index (κ1) is 18.0. The SMILES string of the molecule is COc1cccc(-c2nnc(CCNS(=O)(=O)c3ccc(F)cc3)o2)c1. The Kier molecular flexibility index (Phi) is 5.29. The number of halogens is 1. The molecule has 0 saturated carbocycles. The fourth-order valence-corrected chi connectivity index (χ4v) is 3.25. The quantitative estimate of drug-likeness (QED) is 0.679. The lowest BCUT2D eigenvalue weighted by atomic mass is 10.2. The molecule has 0 atom stereocenters. The minimum Gasteiger partial charge on any atom is -0.497 e. The van der Waals surface area contributed by atoms with Crippen LogP contribution in [-0.4, -0.2) is 32.3 Å². The highest BCUT2D eigenvalue weighted by Crippen LogP contribution is 2.22. The summed E-state index contributed by atoms with van der Waals surface area (Å²) < 4.78 is 50.2. The van der Waals surface area contributed by atoms with Gasteiger partial charge < -0.3 is 9.15 Å². The Morgan fingerprint density at radius 2 is 1.92 bits per heavy atom. The molecule has 1 N–H and O–H groups in total. The molecule has 0 bridgehead atoms. The monoisotopic (exact) mass is 377 g/mol. The first-order valence-electron chi connectivity index (χ1n) is 7.70. The Morgan fingerprint density at radius 1 is 1.15 bits per heavy atom. The van der Waals surface area contributed by atoms with Gasteiger partial charge in [0.25, 0.3) is 0 Å². The minimum absolute atomic E-state index is 0.0125. The Bertz CT molecular complexity index is 987. The zero-order valence-corrected chi connectivity index (χ0v) is 14.7. The van der Waals surface area contributed by atoms with Crippen LogP contribution in [0.15, 0.2) is 57.8 Å². The number of hydrogen-bond acceptors (Lipinski definition) is 6. The second-order valence-corrected chi connectivity index (χ2v) is 7.10. The smallest absolute Gasteiger partial charge is 0.247 e. The number of methoxy groups -OCH3 is 1. The van der Waals surface area contributed by atoms with Gasteiger partial charge in [0.2, 0.25) is 21.8 Å². The van der Waals surface area contributed by atoms with Crippen LogP contribution < -0.4 is 9.46 Å². The van der Waals surface area contributed by atoms with Gasteiger partial charge in [-0.15, -0.1) is 10.2 Å². The molecule has 2 aromatic carbocycles. The third kappa shape index (κ3) is 4.24. The van der Waals surface area contributed by atoms with E-state index in [-0.39, 0.29) is 17.9 Å². The zero-order valence-electron chi connectivity index (χ0n) is 13.8. The van der Waals surface area contributed by atoms with Crippen molar-refractivity contribution in [1.29, 1.82) is 0 Å². The summed E-state index contributed by atoms with van der Waals surface area (Å²) in [5, 5.41) is 7.86. The van der Waals surface area contributed by atoms with E-state index in [1.54, 1.807) is 31.4 Å². The summed E-state index contributed by atoms with van der Waals surface area (Å²) in [6.45, 7) is 0.0689. The molecule has 136 valence electrons. The summed E-state index contributed by atoms with van der Waals surface area (Å²) in [5.74, 6) is 0.777. The van der Waals surface area contributed by atoms with Crippen LogP contribution in [-0.2, 0) is 16.4 Å². The molecule has 3 rings (SSSR count). The van der Waals surface area contributed by atoms with E-state index in [4.69, 9.17) is 9.15 Å². The van der Waals surface area contributed by atoms with Crippen LogP contribution in [0.5, 0.6) is 5.75 Å². The van der Waals surface area contributed by atoms with Crippen molar-refractivity contribution >= 4 is 10.0 Å². The number of benzene rings is 2. The predicted octanol–water partition coefficient (Wildman–Crippen LogP) is 2.41. The number of hydrogen-bond donors (Lipinski definition) is 1. The highest BCUT2D eigenvalue weighted by molar-refractivity contribution is 7.89. The van der Waals surface area contributed by atoms with E-state index in [1.807, 2.05) is 0 Å². The summed E-state index contributed by atoms with van der Waals surface area (Å²) in [4.78, 5) is -0.0125. The van der Waals surface area contributed by atoms with E-state index in [1.165, 1.54) is 12.1 Å². The lowest BCUT2D eigenvalue weighted by molar-refractivity contribution is 0.414. The number of aromatic nitrogens is 2. The van der Waals surface area contributed by atoms with Crippen molar-refractivity contribution in [3.05, 3.63) is 60.2 Å². The van der Waals surface area contributed by atoms with Gasteiger partial charge in [-0.05, 0) is 42.5 Å². The second kappa shape index (κ2) is 7.63. The Morgan fingerprint density at radius 3 is 2.65 bits per heavy atom. The molecule has 1 aromatic heterocycles. The van der Waals surface area contributed by atoms with Gasteiger partial charge in [-0.1, -0.05) is 6.07 Å². The average molecular weight is 377 g/mol. The molecule has 0 spiro atoms. The van der Waals surface area contributed by atoms with Gasteiger partial charge in [0.1, 0.15) is 11.6 Å². The molecule has 1 heterocycles. The van der Waals surface area contributed by atoms with Crippen LogP contribution in [0.1, 0.15) is 5.89 Å². The third-order valence-electron chi connectivity index (χ3n) is 3.54. The highest BCUT2D eigenvalue weighted by Gasteiger charge is 2.15. The van der Waals surface area contributed by atoms with Gasteiger partial charge in [-0.3, -0.25) is 0 Å². The molecule has 0 aliphatic heterocycles. The minimum atomic E-state index is -3.72. The van der Waals surface area contributed by atoms with Gasteiger partial charge >= 0.3 is 0 Å². The topological polar surface area (TPSA) is 94.3 Å². The van der Waals surface area contributed by atoms with E-state index >= 15 is 0 Å². The number of sulfonamides is 1. The van der Waals surface area contributed by atoms with Crippen molar-refractivity contribution in [3.8, 4) is 17.2 Å². The van der Waals surface area contributed by atoms with E-state index in [9.17, 15) is 12.8 Å². The fraction of sp³-hybridized carbons (Fsp3) is 0.176. The van der Waals surface area contributed by atoms with Gasteiger partial charge in [0, 0.05) is 18.5 Å². The van der Waals surface area contributed by atoms with Crippen LogP contribution in [0.2, 0.25) is 0 Å². The predicted molar refractivity (Wildman–Crippen MR) is 91.6 cm³/mol. The fourth-order valence-electron chi connectivity index (χ4n) is 2.22. The summed E-state index contributed by atoms with van der Waals surface area (Å²) in [5.41, 5.74) is 0.704. The largest absolute Gasteiger partial charge is 0.497 e. The molecule has 0 saturated heterocycles. The summed E-state index contributed by atoms with van der Waals surface area (Å²) in [6.07, 6.45) is 0.220.